The lowest BCUT2D eigenvalue weighted by molar-refractivity contribution is -0.143. The number of rotatable bonds is 13. The molecule has 160 valence electrons. The normalized spacial score (nSPS) is 14.9. The molecule has 0 aromatic rings. The molecule has 0 saturated heterocycles. The number of nitrogens with one attached hydrogen (secondary N) is 3. The molecule has 7 N–H and O–H groups in total. The number of carbonyl (C=O) groups excluding carboxylic acids is 3. The average Bonchev–Trinajstić information content (AvgIpc) is 2.61. The maximum Gasteiger partial charge on any atom is 0.326 e. The minimum absolute atomic E-state index is 0.125. The molecule has 3 amide bonds. The first-order chi connectivity index (χ1) is 13.0. The van der Waals surface area contributed by atoms with E-state index in [9.17, 15) is 29.1 Å². The lowest BCUT2D eigenvalue weighted by atomic mass is 10.1. The van der Waals surface area contributed by atoms with Gasteiger partial charge in [0, 0.05) is 5.75 Å². The Morgan fingerprint density at radius 2 is 1.46 bits per heavy atom. The van der Waals surface area contributed by atoms with Crippen LogP contribution in [0.1, 0.15) is 19.8 Å². The topological polar surface area (TPSA) is 188 Å². The largest absolute Gasteiger partial charge is 0.481 e. The number of thioether (sulfide) groups is 1. The fourth-order valence-electron chi connectivity index (χ4n) is 1.92. The van der Waals surface area contributed by atoms with Gasteiger partial charge in [0.05, 0.1) is 12.5 Å². The maximum absolute atomic E-state index is 12.3. The zero-order valence-corrected chi connectivity index (χ0v) is 17.2. The molecule has 0 fully saturated rings. The number of hydrogen-bond acceptors (Lipinski definition) is 8. The predicted octanol–water partition coefficient (Wildman–Crippen LogP) is -1.97. The minimum Gasteiger partial charge on any atom is -0.481 e. The van der Waals surface area contributed by atoms with Crippen LogP contribution in [0.25, 0.3) is 0 Å². The second kappa shape index (κ2) is 13.2. The molecule has 0 aromatic carbocycles. The van der Waals surface area contributed by atoms with Crippen LogP contribution in [-0.4, -0.2) is 81.8 Å². The smallest absolute Gasteiger partial charge is 0.326 e. The van der Waals surface area contributed by atoms with Crippen LogP contribution in [0.5, 0.6) is 0 Å². The summed E-state index contributed by atoms with van der Waals surface area (Å²) in [5.74, 6) is -4.76. The second-order valence-electron chi connectivity index (χ2n) is 5.87. The van der Waals surface area contributed by atoms with Gasteiger partial charge in [0.1, 0.15) is 18.1 Å². The van der Waals surface area contributed by atoms with E-state index in [1.807, 2.05) is 0 Å². The van der Waals surface area contributed by atoms with Crippen molar-refractivity contribution in [2.24, 2.45) is 5.73 Å². The van der Waals surface area contributed by atoms with Crippen molar-refractivity contribution in [1.82, 2.24) is 16.0 Å². The van der Waals surface area contributed by atoms with E-state index in [1.165, 1.54) is 18.7 Å². The van der Waals surface area contributed by atoms with Gasteiger partial charge in [0.2, 0.25) is 17.7 Å². The van der Waals surface area contributed by atoms with Crippen molar-refractivity contribution in [2.45, 2.75) is 43.9 Å². The van der Waals surface area contributed by atoms with Crippen molar-refractivity contribution < 1.29 is 34.2 Å². The maximum atomic E-state index is 12.3. The van der Waals surface area contributed by atoms with Crippen LogP contribution in [0.3, 0.4) is 0 Å². The third-order valence-electron chi connectivity index (χ3n) is 3.47. The molecule has 0 heterocycles. The van der Waals surface area contributed by atoms with Crippen molar-refractivity contribution in [3.63, 3.8) is 0 Å². The summed E-state index contributed by atoms with van der Waals surface area (Å²) in [5, 5.41) is 24.9. The van der Waals surface area contributed by atoms with Gasteiger partial charge in [-0.15, -0.1) is 0 Å². The van der Waals surface area contributed by atoms with Crippen LogP contribution in [0.2, 0.25) is 0 Å². The molecule has 13 heteroatoms. The Morgan fingerprint density at radius 1 is 0.964 bits per heavy atom. The molecule has 0 saturated carbocycles. The molecule has 0 aromatic heterocycles. The summed E-state index contributed by atoms with van der Waals surface area (Å²) in [4.78, 5) is 58.6. The van der Waals surface area contributed by atoms with E-state index in [0.717, 1.165) is 0 Å². The molecule has 28 heavy (non-hydrogen) atoms. The van der Waals surface area contributed by atoms with Gasteiger partial charge in [-0.2, -0.15) is 24.4 Å². The zero-order chi connectivity index (χ0) is 21.9. The van der Waals surface area contributed by atoms with E-state index in [-0.39, 0.29) is 12.2 Å². The number of carboxylic acid groups (broad SMARTS) is 2. The Kier molecular flexibility index (Phi) is 12.3. The van der Waals surface area contributed by atoms with E-state index in [2.05, 4.69) is 28.6 Å². The third-order valence-corrected chi connectivity index (χ3v) is 4.48. The molecule has 0 aliphatic rings. The Bertz CT molecular complexity index is 589. The number of hydrogen-bond donors (Lipinski definition) is 7. The van der Waals surface area contributed by atoms with E-state index in [0.29, 0.717) is 5.75 Å². The first-order valence-corrected chi connectivity index (χ1v) is 10.3. The molecule has 4 unspecified atom stereocenters. The summed E-state index contributed by atoms with van der Waals surface area (Å²) in [6, 6.07) is -4.80. The van der Waals surface area contributed by atoms with Crippen molar-refractivity contribution >= 4 is 54.1 Å². The van der Waals surface area contributed by atoms with Gasteiger partial charge in [-0.1, -0.05) is 0 Å². The van der Waals surface area contributed by atoms with Gasteiger partial charge < -0.3 is 31.9 Å². The fraction of sp³-hybridized carbons (Fsp3) is 0.667. The number of nitrogens with two attached hydrogens (primary N) is 1. The molecule has 11 nitrogen and oxygen atoms in total. The molecule has 4 atom stereocenters. The number of thiol groups is 1. The molecule has 0 radical (unpaired) electrons. The second-order valence-corrected chi connectivity index (χ2v) is 7.22. The first kappa shape index (κ1) is 26.0. The SMILES string of the molecule is CSCCC(NC(=O)C(CC(=O)O)NC(=O)C(CS)NC(=O)C(C)N)C(=O)O. The highest BCUT2D eigenvalue weighted by Crippen LogP contribution is 2.03. The van der Waals surface area contributed by atoms with Crippen molar-refractivity contribution in [1.29, 1.82) is 0 Å². The van der Waals surface area contributed by atoms with Gasteiger partial charge in [-0.05, 0) is 25.4 Å². The minimum atomic E-state index is -1.53. The van der Waals surface area contributed by atoms with Crippen molar-refractivity contribution in [2.75, 3.05) is 17.8 Å². The summed E-state index contributed by atoms with van der Waals surface area (Å²) < 4.78 is 0. The van der Waals surface area contributed by atoms with Gasteiger partial charge in [-0.3, -0.25) is 19.2 Å². The number of carbonyl (C=O) groups is 5. The Hall–Kier alpha value is -1.99. The molecule has 0 aliphatic heterocycles. The number of aliphatic carboxylic acids is 2. The first-order valence-electron chi connectivity index (χ1n) is 8.24. The Morgan fingerprint density at radius 3 is 1.89 bits per heavy atom. The van der Waals surface area contributed by atoms with Crippen LogP contribution in [0.15, 0.2) is 0 Å². The quantitative estimate of drug-likeness (QED) is 0.160. The molecule has 0 bridgehead atoms. The molecule has 0 aliphatic carbocycles. The summed E-state index contributed by atoms with van der Waals surface area (Å²) in [5.41, 5.74) is 5.41. The van der Waals surface area contributed by atoms with Crippen molar-refractivity contribution in [3.05, 3.63) is 0 Å². The fourth-order valence-corrected chi connectivity index (χ4v) is 2.65. The molecule has 0 spiro atoms. The summed E-state index contributed by atoms with van der Waals surface area (Å²) >= 11 is 5.33. The van der Waals surface area contributed by atoms with Crippen LogP contribution in [0, 0.1) is 0 Å². The highest BCUT2D eigenvalue weighted by molar-refractivity contribution is 7.98. The van der Waals surface area contributed by atoms with Gasteiger partial charge in [0.15, 0.2) is 0 Å². The van der Waals surface area contributed by atoms with Crippen LogP contribution >= 0.6 is 24.4 Å². The summed E-state index contributed by atoms with van der Waals surface area (Å²) in [6.07, 6.45) is 1.12. The summed E-state index contributed by atoms with van der Waals surface area (Å²) in [7, 11) is 0. The average molecular weight is 439 g/mol. The van der Waals surface area contributed by atoms with Crippen LogP contribution in [0.4, 0.5) is 0 Å². The number of carboxylic acids is 2. The molecular weight excluding hydrogens is 412 g/mol. The van der Waals surface area contributed by atoms with Crippen molar-refractivity contribution in [3.8, 4) is 0 Å². The number of amides is 3. The van der Waals surface area contributed by atoms with E-state index < -0.39 is 60.2 Å². The van der Waals surface area contributed by atoms with E-state index in [1.54, 1.807) is 6.26 Å². The standard InChI is InChI=1S/C15H26N4O7S2/c1-7(16)12(22)19-10(6-27)14(24)18-9(5-11(20)21)13(23)17-8(15(25)26)3-4-28-2/h7-10,27H,3-6,16H2,1-2H3,(H,17,23)(H,18,24)(H,19,22)(H,20,21)(H,25,26). The third kappa shape index (κ3) is 9.80. The lowest BCUT2D eigenvalue weighted by Gasteiger charge is -2.23. The predicted molar refractivity (Wildman–Crippen MR) is 106 cm³/mol. The van der Waals surface area contributed by atoms with Gasteiger partial charge in [-0.25, -0.2) is 4.79 Å². The monoisotopic (exact) mass is 438 g/mol. The zero-order valence-electron chi connectivity index (χ0n) is 15.5. The highest BCUT2D eigenvalue weighted by Gasteiger charge is 2.30. The van der Waals surface area contributed by atoms with Gasteiger partial charge in [0.25, 0.3) is 0 Å². The highest BCUT2D eigenvalue weighted by atomic mass is 32.2. The Labute approximate surface area is 172 Å². The van der Waals surface area contributed by atoms with E-state index >= 15 is 0 Å². The van der Waals surface area contributed by atoms with Gasteiger partial charge >= 0.3 is 11.9 Å². The van der Waals surface area contributed by atoms with E-state index in [4.69, 9.17) is 10.8 Å². The van der Waals surface area contributed by atoms with Crippen LogP contribution in [-0.2, 0) is 24.0 Å². The summed E-state index contributed by atoms with van der Waals surface area (Å²) in [6.45, 7) is 1.41. The van der Waals surface area contributed by atoms with Crippen LogP contribution < -0.4 is 21.7 Å². The molecule has 0 rings (SSSR count). The lowest BCUT2D eigenvalue weighted by Crippen LogP contribution is -2.57. The Balaban J connectivity index is 5.20. The molecular formula is C15H26N4O7S2.